The summed E-state index contributed by atoms with van der Waals surface area (Å²) in [5.74, 6) is 6.59. The van der Waals surface area contributed by atoms with Crippen molar-refractivity contribution in [2.24, 2.45) is 29.6 Å². The van der Waals surface area contributed by atoms with Gasteiger partial charge in [-0.25, -0.2) is 0 Å². The van der Waals surface area contributed by atoms with E-state index >= 15 is 0 Å². The number of allylic oxidation sites excluding steroid dienone is 3. The Hall–Kier alpha value is -3.12. The van der Waals surface area contributed by atoms with Crippen molar-refractivity contribution in [3.05, 3.63) is 59.2 Å². The maximum atomic E-state index is 13.9. The zero-order chi connectivity index (χ0) is 24.3. The van der Waals surface area contributed by atoms with Gasteiger partial charge in [0, 0.05) is 25.1 Å². The standard InChI is InChI=1S/C32H33NO2/c1-4-5-14-33(15-8-11-22-16-19(2)20(3)25-17-26(22)25)32(35)31-28(34)18-27-23-12-6-9-21-10-7-13-24(29(21)23)30(27)31/h1,6-7,9-10,12-13,18-20,22,25-26H,5,8,11,14-17H2,2-3H3. The lowest BCUT2D eigenvalue weighted by atomic mass is 9.74. The van der Waals surface area contributed by atoms with Gasteiger partial charge in [0.15, 0.2) is 5.78 Å². The van der Waals surface area contributed by atoms with Crippen LogP contribution >= 0.6 is 0 Å². The lowest BCUT2D eigenvalue weighted by Crippen LogP contribution is -2.36. The van der Waals surface area contributed by atoms with E-state index in [0.717, 1.165) is 75.5 Å². The highest BCUT2D eigenvalue weighted by molar-refractivity contribution is 6.43. The Morgan fingerprint density at radius 3 is 2.60 bits per heavy atom. The number of fused-ring (bicyclic) bond motifs is 4. The van der Waals surface area contributed by atoms with Crippen molar-refractivity contribution >= 4 is 33.6 Å². The van der Waals surface area contributed by atoms with Crippen molar-refractivity contribution in [3.8, 4) is 12.3 Å². The third-order valence-corrected chi connectivity index (χ3v) is 9.28. The van der Waals surface area contributed by atoms with Crippen LogP contribution in [0.4, 0.5) is 0 Å². The molecule has 5 unspecified atom stereocenters. The van der Waals surface area contributed by atoms with Crippen LogP contribution in [0.3, 0.4) is 0 Å². The van der Waals surface area contributed by atoms with Gasteiger partial charge in [-0.3, -0.25) is 9.59 Å². The molecule has 0 aromatic heterocycles. The van der Waals surface area contributed by atoms with Crippen LogP contribution in [0.5, 0.6) is 0 Å². The minimum atomic E-state index is -0.173. The Labute approximate surface area is 208 Å². The van der Waals surface area contributed by atoms with Crippen molar-refractivity contribution < 1.29 is 9.59 Å². The number of amides is 1. The van der Waals surface area contributed by atoms with Crippen LogP contribution in [-0.2, 0) is 9.59 Å². The molecule has 0 N–H and O–H groups in total. The van der Waals surface area contributed by atoms with Crippen molar-refractivity contribution in [1.29, 1.82) is 0 Å². The largest absolute Gasteiger partial charge is 0.338 e. The second kappa shape index (κ2) is 8.52. The molecule has 0 radical (unpaired) electrons. The molecule has 35 heavy (non-hydrogen) atoms. The van der Waals surface area contributed by atoms with Crippen molar-refractivity contribution in [2.45, 2.75) is 46.0 Å². The third-order valence-electron chi connectivity index (χ3n) is 9.28. The maximum Gasteiger partial charge on any atom is 0.258 e. The number of terminal acetylenes is 1. The van der Waals surface area contributed by atoms with E-state index in [9.17, 15) is 9.59 Å². The van der Waals surface area contributed by atoms with Gasteiger partial charge >= 0.3 is 0 Å². The summed E-state index contributed by atoms with van der Waals surface area (Å²) in [6.07, 6.45) is 12.6. The van der Waals surface area contributed by atoms with Gasteiger partial charge in [-0.1, -0.05) is 50.2 Å². The SMILES string of the molecule is C#CCCN(CCCC1CC(C)C(C)C2CC12)C(=O)C1=C2C(=CC1=O)c1cccc3cccc2c13. The molecule has 0 bridgehead atoms. The van der Waals surface area contributed by atoms with Crippen LogP contribution in [0.15, 0.2) is 48.0 Å². The van der Waals surface area contributed by atoms with E-state index in [4.69, 9.17) is 6.42 Å². The number of benzene rings is 2. The fourth-order valence-corrected chi connectivity index (χ4v) is 7.23. The minimum Gasteiger partial charge on any atom is -0.338 e. The van der Waals surface area contributed by atoms with Gasteiger partial charge in [0.1, 0.15) is 0 Å². The molecule has 0 saturated heterocycles. The smallest absolute Gasteiger partial charge is 0.258 e. The van der Waals surface area contributed by atoms with Crippen LogP contribution < -0.4 is 0 Å². The molecule has 5 atom stereocenters. The van der Waals surface area contributed by atoms with Gasteiger partial charge in [0.2, 0.25) is 0 Å². The Bertz CT molecular complexity index is 1330. The lowest BCUT2D eigenvalue weighted by Gasteiger charge is -2.32. The second-order valence-electron chi connectivity index (χ2n) is 11.2. The molecule has 4 aliphatic rings. The van der Waals surface area contributed by atoms with Crippen LogP contribution in [0.2, 0.25) is 0 Å². The number of rotatable bonds is 7. The predicted molar refractivity (Wildman–Crippen MR) is 141 cm³/mol. The van der Waals surface area contributed by atoms with Crippen molar-refractivity contribution in [2.75, 3.05) is 13.1 Å². The number of ketones is 1. The summed E-state index contributed by atoms with van der Waals surface area (Å²) in [5, 5.41) is 2.28. The number of hydrogen-bond donors (Lipinski definition) is 0. The summed E-state index contributed by atoms with van der Waals surface area (Å²) in [4.78, 5) is 28.9. The number of hydrogen-bond acceptors (Lipinski definition) is 2. The topological polar surface area (TPSA) is 37.4 Å². The molecule has 3 nitrogen and oxygen atoms in total. The minimum absolute atomic E-state index is 0.161. The highest BCUT2D eigenvalue weighted by Crippen LogP contribution is 2.58. The fourth-order valence-electron chi connectivity index (χ4n) is 7.23. The molecule has 1 amide bonds. The first kappa shape index (κ1) is 22.4. The van der Waals surface area contributed by atoms with Gasteiger partial charge in [-0.05, 0) is 88.8 Å². The second-order valence-corrected chi connectivity index (χ2v) is 11.2. The Balaban J connectivity index is 1.24. The van der Waals surface area contributed by atoms with E-state index in [2.05, 4.69) is 38.0 Å². The van der Waals surface area contributed by atoms with E-state index in [1.54, 1.807) is 6.08 Å². The Morgan fingerprint density at radius 2 is 1.83 bits per heavy atom. The predicted octanol–water partition coefficient (Wildman–Crippen LogP) is 6.13. The molecule has 2 aromatic rings. The summed E-state index contributed by atoms with van der Waals surface area (Å²) >= 11 is 0. The monoisotopic (exact) mass is 463 g/mol. The molecule has 4 aliphatic carbocycles. The molecule has 0 spiro atoms. The summed E-state index contributed by atoms with van der Waals surface area (Å²) in [5.41, 5.74) is 4.09. The summed E-state index contributed by atoms with van der Waals surface area (Å²) < 4.78 is 0. The van der Waals surface area contributed by atoms with E-state index in [1.807, 2.05) is 23.1 Å². The third kappa shape index (κ3) is 3.57. The number of carbonyl (C=O) groups is 2. The molecule has 0 aliphatic heterocycles. The van der Waals surface area contributed by atoms with Crippen LogP contribution in [0, 0.1) is 41.9 Å². The van der Waals surface area contributed by atoms with E-state index in [0.29, 0.717) is 25.1 Å². The molecule has 3 heteroatoms. The first-order chi connectivity index (χ1) is 17.0. The van der Waals surface area contributed by atoms with E-state index < -0.39 is 0 Å². The van der Waals surface area contributed by atoms with Gasteiger partial charge in [-0.2, -0.15) is 0 Å². The molecular weight excluding hydrogens is 430 g/mol. The lowest BCUT2D eigenvalue weighted by molar-refractivity contribution is -0.129. The van der Waals surface area contributed by atoms with Gasteiger partial charge in [0.25, 0.3) is 5.91 Å². The first-order valence-electron chi connectivity index (χ1n) is 13.3. The van der Waals surface area contributed by atoms with Crippen LogP contribution in [0.25, 0.3) is 21.9 Å². The molecule has 178 valence electrons. The first-order valence-corrected chi connectivity index (χ1v) is 13.3. The van der Waals surface area contributed by atoms with Gasteiger partial charge in [0.05, 0.1) is 5.57 Å². The molecule has 6 rings (SSSR count). The fraction of sp³-hybridized carbons (Fsp3) is 0.438. The number of carbonyl (C=O) groups excluding carboxylic acids is 2. The number of nitrogens with zero attached hydrogens (tertiary/aromatic N) is 1. The quantitative estimate of drug-likeness (QED) is 0.366. The summed E-state index contributed by atoms with van der Waals surface area (Å²) in [6, 6.07) is 12.3. The van der Waals surface area contributed by atoms with Crippen molar-refractivity contribution in [3.63, 3.8) is 0 Å². The molecular formula is C32H33NO2. The van der Waals surface area contributed by atoms with Crippen molar-refractivity contribution in [1.82, 2.24) is 4.90 Å². The Kier molecular flexibility index (Phi) is 5.44. The average Bonchev–Trinajstić information content (AvgIpc) is 3.52. The van der Waals surface area contributed by atoms with E-state index in [-0.39, 0.29) is 11.7 Å². The highest BCUT2D eigenvalue weighted by atomic mass is 16.2. The summed E-state index contributed by atoms with van der Waals surface area (Å²) in [6.45, 7) is 5.98. The molecule has 2 saturated carbocycles. The molecule has 2 fully saturated rings. The van der Waals surface area contributed by atoms with Crippen LogP contribution in [0.1, 0.15) is 57.1 Å². The van der Waals surface area contributed by atoms with E-state index in [1.165, 1.54) is 12.8 Å². The average molecular weight is 464 g/mol. The molecule has 2 aromatic carbocycles. The zero-order valence-corrected chi connectivity index (χ0v) is 20.7. The normalized spacial score (nSPS) is 28.0. The zero-order valence-electron chi connectivity index (χ0n) is 20.7. The molecule has 0 heterocycles. The maximum absolute atomic E-state index is 13.9. The summed E-state index contributed by atoms with van der Waals surface area (Å²) in [7, 11) is 0. The van der Waals surface area contributed by atoms with Crippen LogP contribution in [-0.4, -0.2) is 29.7 Å². The highest BCUT2D eigenvalue weighted by Gasteiger charge is 2.50. The Morgan fingerprint density at radius 1 is 1.06 bits per heavy atom. The van der Waals surface area contributed by atoms with Gasteiger partial charge < -0.3 is 4.90 Å². The van der Waals surface area contributed by atoms with Gasteiger partial charge in [-0.15, -0.1) is 12.3 Å².